The zero-order chi connectivity index (χ0) is 13.5. The van der Waals surface area contributed by atoms with Gasteiger partial charge in [0.05, 0.1) is 0 Å². The number of hydrogen-bond donors (Lipinski definition) is 1. The molecule has 0 bridgehead atoms. The van der Waals surface area contributed by atoms with Crippen molar-refractivity contribution >= 4 is 11.6 Å². The number of rotatable bonds is 6. The monoisotopic (exact) mass is 273 g/mol. The predicted molar refractivity (Wildman–Crippen MR) is 82.5 cm³/mol. The third-order valence-electron chi connectivity index (χ3n) is 3.36. The minimum atomic E-state index is 0.485. The summed E-state index contributed by atoms with van der Waals surface area (Å²) in [6, 6.07) is 19.1. The summed E-state index contributed by atoms with van der Waals surface area (Å²) in [6.07, 6.45) is 2.17. The minimum Gasteiger partial charge on any atom is -0.310 e. The first-order valence-corrected chi connectivity index (χ1v) is 7.18. The van der Waals surface area contributed by atoms with E-state index in [9.17, 15) is 0 Å². The second-order valence-electron chi connectivity index (χ2n) is 4.77. The molecule has 0 spiro atoms. The molecule has 2 rings (SSSR count). The van der Waals surface area contributed by atoms with Gasteiger partial charge in [0.1, 0.15) is 0 Å². The normalized spacial score (nSPS) is 12.3. The van der Waals surface area contributed by atoms with Crippen molar-refractivity contribution in [3.05, 3.63) is 70.7 Å². The van der Waals surface area contributed by atoms with Crippen LogP contribution in [0.1, 0.15) is 24.5 Å². The van der Waals surface area contributed by atoms with Crippen LogP contribution in [-0.2, 0) is 13.0 Å². The SMILES string of the molecule is CCC(Cc1ccccc1)NCc1ccccc1Cl. The molecule has 2 aromatic rings. The second-order valence-corrected chi connectivity index (χ2v) is 5.17. The highest BCUT2D eigenvalue weighted by Crippen LogP contribution is 2.15. The van der Waals surface area contributed by atoms with Gasteiger partial charge in [0.15, 0.2) is 0 Å². The molecular formula is C17H20ClN. The molecular weight excluding hydrogens is 254 g/mol. The molecule has 0 aliphatic rings. The molecule has 2 heteroatoms. The summed E-state index contributed by atoms with van der Waals surface area (Å²) in [5, 5.41) is 4.43. The van der Waals surface area contributed by atoms with E-state index in [0.29, 0.717) is 6.04 Å². The van der Waals surface area contributed by atoms with Gasteiger partial charge in [0.25, 0.3) is 0 Å². The van der Waals surface area contributed by atoms with Gasteiger partial charge in [-0.1, -0.05) is 67.1 Å². The van der Waals surface area contributed by atoms with Crippen LogP contribution in [0.15, 0.2) is 54.6 Å². The second kappa shape index (κ2) is 7.32. The Morgan fingerprint density at radius 1 is 1.00 bits per heavy atom. The van der Waals surface area contributed by atoms with Gasteiger partial charge in [0, 0.05) is 17.6 Å². The van der Waals surface area contributed by atoms with Gasteiger partial charge < -0.3 is 5.32 Å². The minimum absolute atomic E-state index is 0.485. The van der Waals surface area contributed by atoms with E-state index >= 15 is 0 Å². The molecule has 1 N–H and O–H groups in total. The summed E-state index contributed by atoms with van der Waals surface area (Å²) >= 11 is 6.17. The first kappa shape index (κ1) is 14.1. The van der Waals surface area contributed by atoms with Crippen molar-refractivity contribution in [3.8, 4) is 0 Å². The van der Waals surface area contributed by atoms with E-state index in [1.807, 2.05) is 18.2 Å². The van der Waals surface area contributed by atoms with E-state index < -0.39 is 0 Å². The maximum Gasteiger partial charge on any atom is 0.0450 e. The molecule has 2 aromatic carbocycles. The molecule has 1 unspecified atom stereocenters. The van der Waals surface area contributed by atoms with Gasteiger partial charge in [0.2, 0.25) is 0 Å². The summed E-state index contributed by atoms with van der Waals surface area (Å²) in [6.45, 7) is 3.04. The Morgan fingerprint density at radius 2 is 1.68 bits per heavy atom. The van der Waals surface area contributed by atoms with Gasteiger partial charge >= 0.3 is 0 Å². The molecule has 0 fully saturated rings. The van der Waals surface area contributed by atoms with Crippen molar-refractivity contribution in [2.24, 2.45) is 0 Å². The lowest BCUT2D eigenvalue weighted by atomic mass is 10.0. The van der Waals surface area contributed by atoms with Crippen LogP contribution in [-0.4, -0.2) is 6.04 Å². The van der Waals surface area contributed by atoms with Crippen LogP contribution >= 0.6 is 11.6 Å². The Kier molecular flexibility index (Phi) is 5.44. The van der Waals surface area contributed by atoms with Crippen molar-refractivity contribution in [1.82, 2.24) is 5.32 Å². The van der Waals surface area contributed by atoms with Crippen molar-refractivity contribution < 1.29 is 0 Å². The molecule has 19 heavy (non-hydrogen) atoms. The molecule has 100 valence electrons. The number of benzene rings is 2. The summed E-state index contributed by atoms with van der Waals surface area (Å²) in [7, 11) is 0. The van der Waals surface area contributed by atoms with Crippen LogP contribution in [0.2, 0.25) is 5.02 Å². The molecule has 0 aliphatic carbocycles. The molecule has 0 aliphatic heterocycles. The Balaban J connectivity index is 1.91. The lowest BCUT2D eigenvalue weighted by molar-refractivity contribution is 0.494. The lowest BCUT2D eigenvalue weighted by Gasteiger charge is -2.17. The predicted octanol–water partition coefficient (Wildman–Crippen LogP) is 4.45. The third kappa shape index (κ3) is 4.38. The van der Waals surface area contributed by atoms with Gasteiger partial charge in [-0.05, 0) is 30.0 Å². The smallest absolute Gasteiger partial charge is 0.0450 e. The quantitative estimate of drug-likeness (QED) is 0.820. The van der Waals surface area contributed by atoms with Crippen LogP contribution in [0.25, 0.3) is 0 Å². The molecule has 0 saturated carbocycles. The van der Waals surface area contributed by atoms with E-state index in [1.54, 1.807) is 0 Å². The summed E-state index contributed by atoms with van der Waals surface area (Å²) in [4.78, 5) is 0. The fraction of sp³-hybridized carbons (Fsp3) is 0.294. The Morgan fingerprint density at radius 3 is 2.37 bits per heavy atom. The highest BCUT2D eigenvalue weighted by molar-refractivity contribution is 6.31. The molecule has 0 heterocycles. The van der Waals surface area contributed by atoms with E-state index in [-0.39, 0.29) is 0 Å². The van der Waals surface area contributed by atoms with Crippen LogP contribution in [0.4, 0.5) is 0 Å². The van der Waals surface area contributed by atoms with Crippen molar-refractivity contribution in [1.29, 1.82) is 0 Å². The van der Waals surface area contributed by atoms with E-state index in [0.717, 1.165) is 30.0 Å². The topological polar surface area (TPSA) is 12.0 Å². The Labute approximate surface area is 120 Å². The third-order valence-corrected chi connectivity index (χ3v) is 3.73. The van der Waals surface area contributed by atoms with Gasteiger partial charge in [-0.15, -0.1) is 0 Å². The Hall–Kier alpha value is -1.31. The summed E-state index contributed by atoms with van der Waals surface area (Å²) in [5.74, 6) is 0. The number of halogens is 1. The number of hydrogen-bond acceptors (Lipinski definition) is 1. The highest BCUT2D eigenvalue weighted by Gasteiger charge is 2.07. The number of nitrogens with one attached hydrogen (secondary N) is 1. The van der Waals surface area contributed by atoms with E-state index in [2.05, 4.69) is 48.6 Å². The van der Waals surface area contributed by atoms with Gasteiger partial charge in [-0.25, -0.2) is 0 Å². The first-order chi connectivity index (χ1) is 9.29. The molecule has 0 aromatic heterocycles. The summed E-state index contributed by atoms with van der Waals surface area (Å²) < 4.78 is 0. The van der Waals surface area contributed by atoms with Crippen LogP contribution in [0.3, 0.4) is 0 Å². The molecule has 0 saturated heterocycles. The molecule has 1 nitrogen and oxygen atoms in total. The fourth-order valence-electron chi connectivity index (χ4n) is 2.16. The zero-order valence-electron chi connectivity index (χ0n) is 11.3. The molecule has 0 amide bonds. The van der Waals surface area contributed by atoms with Crippen molar-refractivity contribution in [3.63, 3.8) is 0 Å². The molecule has 1 atom stereocenters. The van der Waals surface area contributed by atoms with E-state index in [1.165, 1.54) is 5.56 Å². The largest absolute Gasteiger partial charge is 0.310 e. The van der Waals surface area contributed by atoms with Crippen LogP contribution in [0, 0.1) is 0 Å². The van der Waals surface area contributed by atoms with Crippen LogP contribution in [0.5, 0.6) is 0 Å². The van der Waals surface area contributed by atoms with Gasteiger partial charge in [-0.2, -0.15) is 0 Å². The van der Waals surface area contributed by atoms with Crippen molar-refractivity contribution in [2.75, 3.05) is 0 Å². The lowest BCUT2D eigenvalue weighted by Crippen LogP contribution is -2.30. The van der Waals surface area contributed by atoms with Crippen molar-refractivity contribution in [2.45, 2.75) is 32.4 Å². The highest BCUT2D eigenvalue weighted by atomic mass is 35.5. The maximum absolute atomic E-state index is 6.17. The fourth-order valence-corrected chi connectivity index (χ4v) is 2.36. The molecule has 0 radical (unpaired) electrons. The van der Waals surface area contributed by atoms with E-state index in [4.69, 9.17) is 11.6 Å². The average molecular weight is 274 g/mol. The van der Waals surface area contributed by atoms with Gasteiger partial charge in [-0.3, -0.25) is 0 Å². The standard InChI is InChI=1S/C17H20ClN/c1-2-16(12-14-8-4-3-5-9-14)19-13-15-10-6-7-11-17(15)18/h3-11,16,19H,2,12-13H2,1H3. The first-order valence-electron chi connectivity index (χ1n) is 6.80. The summed E-state index contributed by atoms with van der Waals surface area (Å²) in [5.41, 5.74) is 2.54. The average Bonchev–Trinajstić information content (AvgIpc) is 2.46. The van der Waals surface area contributed by atoms with Crippen LogP contribution < -0.4 is 5.32 Å². The maximum atomic E-state index is 6.17. The Bertz CT molecular complexity index is 496. The zero-order valence-corrected chi connectivity index (χ0v) is 12.0.